The summed E-state index contributed by atoms with van der Waals surface area (Å²) in [5.41, 5.74) is 3.84. The normalized spacial score (nSPS) is 20.2. The van der Waals surface area contributed by atoms with E-state index in [1.165, 1.54) is 0 Å². The van der Waals surface area contributed by atoms with E-state index in [1.807, 2.05) is 48.5 Å². The van der Waals surface area contributed by atoms with E-state index in [0.717, 1.165) is 16.7 Å². The summed E-state index contributed by atoms with van der Waals surface area (Å²) in [6.07, 6.45) is 0.964. The van der Waals surface area contributed by atoms with E-state index >= 15 is 0 Å². The molecule has 2 aromatic rings. The molecule has 2 aliphatic rings. The van der Waals surface area contributed by atoms with Gasteiger partial charge < -0.3 is 4.90 Å². The van der Waals surface area contributed by atoms with Crippen molar-refractivity contribution in [3.63, 3.8) is 0 Å². The van der Waals surface area contributed by atoms with Crippen LogP contribution in [0.2, 0.25) is 0 Å². The highest BCUT2D eigenvalue weighted by Crippen LogP contribution is 2.31. The van der Waals surface area contributed by atoms with Crippen molar-refractivity contribution in [1.29, 1.82) is 0 Å². The average molecular weight is 334 g/mol. The third-order valence-electron chi connectivity index (χ3n) is 4.89. The van der Waals surface area contributed by atoms with Gasteiger partial charge in [0, 0.05) is 31.0 Å². The van der Waals surface area contributed by atoms with Crippen LogP contribution >= 0.6 is 0 Å². The first-order valence-electron chi connectivity index (χ1n) is 8.44. The Labute approximate surface area is 145 Å². The van der Waals surface area contributed by atoms with Crippen LogP contribution in [-0.4, -0.2) is 28.7 Å². The lowest BCUT2D eigenvalue weighted by Gasteiger charge is -2.25. The number of hydrogen-bond acceptors (Lipinski definition) is 3. The summed E-state index contributed by atoms with van der Waals surface area (Å²) in [6, 6.07) is 15.7. The van der Waals surface area contributed by atoms with Crippen molar-refractivity contribution in [2.24, 2.45) is 0 Å². The summed E-state index contributed by atoms with van der Waals surface area (Å²) in [5, 5.41) is 2.35. The lowest BCUT2D eigenvalue weighted by molar-refractivity contribution is -0.129. The number of amides is 3. The maximum atomic E-state index is 12.8. The third-order valence-corrected chi connectivity index (χ3v) is 4.89. The van der Waals surface area contributed by atoms with Gasteiger partial charge in [-0.15, -0.1) is 0 Å². The fourth-order valence-corrected chi connectivity index (χ4v) is 3.60. The second-order valence-corrected chi connectivity index (χ2v) is 6.54. The van der Waals surface area contributed by atoms with E-state index < -0.39 is 0 Å². The van der Waals surface area contributed by atoms with Crippen LogP contribution in [0.4, 0.5) is 0 Å². The molecule has 1 saturated heterocycles. The molecule has 126 valence electrons. The van der Waals surface area contributed by atoms with Gasteiger partial charge in [0.2, 0.25) is 11.8 Å². The number of imide groups is 1. The molecule has 1 unspecified atom stereocenters. The number of benzene rings is 2. The lowest BCUT2D eigenvalue weighted by atomic mass is 10.0. The van der Waals surface area contributed by atoms with Gasteiger partial charge in [0.1, 0.15) is 0 Å². The monoisotopic (exact) mass is 334 g/mol. The summed E-state index contributed by atoms with van der Waals surface area (Å²) in [6.45, 7) is 0.487. The summed E-state index contributed by atoms with van der Waals surface area (Å²) in [5.74, 6) is -0.619. The quantitative estimate of drug-likeness (QED) is 0.858. The Morgan fingerprint density at radius 1 is 0.920 bits per heavy atom. The molecule has 0 aliphatic carbocycles. The van der Waals surface area contributed by atoms with Gasteiger partial charge in [-0.05, 0) is 35.2 Å². The molecule has 2 heterocycles. The second-order valence-electron chi connectivity index (χ2n) is 6.54. The van der Waals surface area contributed by atoms with Crippen molar-refractivity contribution in [1.82, 2.24) is 10.2 Å². The van der Waals surface area contributed by atoms with E-state index in [9.17, 15) is 14.4 Å². The molecule has 5 nitrogen and oxygen atoms in total. The summed E-state index contributed by atoms with van der Waals surface area (Å²) >= 11 is 0. The molecule has 5 heteroatoms. The highest BCUT2D eigenvalue weighted by molar-refractivity contribution is 6.00. The summed E-state index contributed by atoms with van der Waals surface area (Å²) in [4.78, 5) is 37.8. The molecule has 0 aromatic heterocycles. The average Bonchev–Trinajstić information content (AvgIpc) is 2.84. The molecule has 4 rings (SSSR count). The van der Waals surface area contributed by atoms with Gasteiger partial charge in [0.25, 0.3) is 5.91 Å². The zero-order chi connectivity index (χ0) is 17.4. The van der Waals surface area contributed by atoms with E-state index in [4.69, 9.17) is 0 Å². The van der Waals surface area contributed by atoms with Crippen LogP contribution in [0.15, 0.2) is 48.5 Å². The number of rotatable bonds is 2. The van der Waals surface area contributed by atoms with Crippen LogP contribution in [0, 0.1) is 0 Å². The number of fused-ring (bicyclic) bond motifs is 1. The molecule has 1 atom stereocenters. The van der Waals surface area contributed by atoms with Crippen LogP contribution in [-0.2, 0) is 16.1 Å². The number of nitrogens with one attached hydrogen (secondary N) is 1. The smallest absolute Gasteiger partial charge is 0.254 e. The van der Waals surface area contributed by atoms with Gasteiger partial charge in [0.15, 0.2) is 0 Å². The molecule has 2 aromatic carbocycles. The minimum atomic E-state index is -0.304. The largest absolute Gasteiger partial charge is 0.331 e. The van der Waals surface area contributed by atoms with Gasteiger partial charge in [-0.2, -0.15) is 0 Å². The lowest BCUT2D eigenvalue weighted by Crippen LogP contribution is -2.37. The maximum absolute atomic E-state index is 12.8. The molecular formula is C20H18N2O3. The highest BCUT2D eigenvalue weighted by atomic mass is 16.2. The molecule has 0 bridgehead atoms. The van der Waals surface area contributed by atoms with Crippen LogP contribution in [0.5, 0.6) is 0 Å². The molecule has 25 heavy (non-hydrogen) atoms. The number of carbonyl (C=O) groups excluding carboxylic acids is 3. The predicted octanol–water partition coefficient (Wildman–Crippen LogP) is 2.50. The van der Waals surface area contributed by atoms with Crippen molar-refractivity contribution >= 4 is 17.7 Å². The first-order valence-corrected chi connectivity index (χ1v) is 8.44. The minimum Gasteiger partial charge on any atom is -0.331 e. The van der Waals surface area contributed by atoms with Crippen LogP contribution in [0.3, 0.4) is 0 Å². The van der Waals surface area contributed by atoms with Gasteiger partial charge in [-0.25, -0.2) is 0 Å². The molecule has 1 fully saturated rings. The van der Waals surface area contributed by atoms with Gasteiger partial charge in [0.05, 0.1) is 0 Å². The molecule has 0 saturated carbocycles. The minimum absolute atomic E-state index is 0.0539. The van der Waals surface area contributed by atoms with Gasteiger partial charge in [-0.1, -0.05) is 36.4 Å². The standard InChI is InChI=1S/C20H18N2O3/c23-18-9-7-16(11-19(24)21-18)22-12-15-10-14(6-8-17(15)20(22)25)13-4-2-1-3-5-13/h1-6,8,10,16H,7,9,11-12H2,(H,21,23,24). The molecule has 1 N–H and O–H groups in total. The Morgan fingerprint density at radius 2 is 1.72 bits per heavy atom. The zero-order valence-electron chi connectivity index (χ0n) is 13.7. The van der Waals surface area contributed by atoms with Crippen LogP contribution in [0.1, 0.15) is 35.2 Å². The van der Waals surface area contributed by atoms with Gasteiger partial charge in [-0.3, -0.25) is 19.7 Å². The Kier molecular flexibility index (Phi) is 3.84. The maximum Gasteiger partial charge on any atom is 0.254 e. The zero-order valence-corrected chi connectivity index (χ0v) is 13.7. The van der Waals surface area contributed by atoms with Crippen molar-refractivity contribution in [3.8, 4) is 11.1 Å². The SMILES string of the molecule is O=C1CCC(N2Cc3cc(-c4ccccc4)ccc3C2=O)CC(=O)N1. The van der Waals surface area contributed by atoms with Crippen LogP contribution < -0.4 is 5.32 Å². The molecule has 3 amide bonds. The Hall–Kier alpha value is -2.95. The van der Waals surface area contributed by atoms with E-state index in [0.29, 0.717) is 18.5 Å². The highest BCUT2D eigenvalue weighted by Gasteiger charge is 2.35. The first kappa shape index (κ1) is 15.6. The molecule has 0 radical (unpaired) electrons. The summed E-state index contributed by atoms with van der Waals surface area (Å²) < 4.78 is 0. The number of hydrogen-bond donors (Lipinski definition) is 1. The van der Waals surface area contributed by atoms with Crippen molar-refractivity contribution < 1.29 is 14.4 Å². The fraction of sp³-hybridized carbons (Fsp3) is 0.250. The number of nitrogens with zero attached hydrogens (tertiary/aromatic N) is 1. The second kappa shape index (κ2) is 6.16. The Balaban J connectivity index is 1.60. The molecular weight excluding hydrogens is 316 g/mol. The third kappa shape index (κ3) is 2.93. The van der Waals surface area contributed by atoms with E-state index in [1.54, 1.807) is 4.90 Å². The molecule has 2 aliphatic heterocycles. The Bertz CT molecular complexity index is 860. The van der Waals surface area contributed by atoms with Crippen LogP contribution in [0.25, 0.3) is 11.1 Å². The van der Waals surface area contributed by atoms with E-state index in [2.05, 4.69) is 5.32 Å². The molecule has 0 spiro atoms. The summed E-state index contributed by atoms with van der Waals surface area (Å²) in [7, 11) is 0. The van der Waals surface area contributed by atoms with E-state index in [-0.39, 0.29) is 36.6 Å². The van der Waals surface area contributed by atoms with Crippen molar-refractivity contribution in [2.45, 2.75) is 31.8 Å². The Morgan fingerprint density at radius 3 is 2.52 bits per heavy atom. The van der Waals surface area contributed by atoms with Crippen molar-refractivity contribution in [3.05, 3.63) is 59.7 Å². The van der Waals surface area contributed by atoms with Crippen molar-refractivity contribution in [2.75, 3.05) is 0 Å². The number of carbonyl (C=O) groups is 3. The first-order chi connectivity index (χ1) is 12.1. The topological polar surface area (TPSA) is 66.5 Å². The fourth-order valence-electron chi connectivity index (χ4n) is 3.60. The van der Waals surface area contributed by atoms with Gasteiger partial charge >= 0.3 is 0 Å². The predicted molar refractivity (Wildman–Crippen MR) is 92.5 cm³/mol.